The highest BCUT2D eigenvalue weighted by molar-refractivity contribution is 7.09. The van der Waals surface area contributed by atoms with Crippen molar-refractivity contribution in [2.45, 2.75) is 19.8 Å². The Morgan fingerprint density at radius 3 is 2.86 bits per heavy atom. The van der Waals surface area contributed by atoms with E-state index in [1.807, 2.05) is 6.92 Å². The molecule has 0 saturated heterocycles. The Balaban J connectivity index is 1.97. The molecule has 0 aliphatic carbocycles. The van der Waals surface area contributed by atoms with Crippen LogP contribution in [0.5, 0.6) is 0 Å². The van der Waals surface area contributed by atoms with Gasteiger partial charge in [-0.1, -0.05) is 0 Å². The van der Waals surface area contributed by atoms with Gasteiger partial charge in [-0.25, -0.2) is 9.78 Å². The van der Waals surface area contributed by atoms with Crippen LogP contribution in [0.15, 0.2) is 23.6 Å². The molecule has 1 N–H and O–H groups in total. The molecule has 2 aromatic rings. The maximum Gasteiger partial charge on any atom is 0.335 e. The van der Waals surface area contributed by atoms with Gasteiger partial charge in [-0.2, -0.15) is 0 Å². The average molecular weight is 302 g/mol. The van der Waals surface area contributed by atoms with Gasteiger partial charge in [0.1, 0.15) is 5.69 Å². The number of rotatable bonds is 2. The van der Waals surface area contributed by atoms with E-state index < -0.39 is 5.97 Å². The highest BCUT2D eigenvalue weighted by Gasteiger charge is 2.25. The molecule has 0 unspecified atom stereocenters. The third-order valence-corrected chi connectivity index (χ3v) is 4.30. The highest BCUT2D eigenvalue weighted by Crippen LogP contribution is 2.29. The van der Waals surface area contributed by atoms with Crippen molar-refractivity contribution in [2.75, 3.05) is 11.4 Å². The minimum Gasteiger partial charge on any atom is -0.478 e. The standard InChI is InChI=1S/C15H14N2O3S/c1-9-16-12(8-21-9)14(18)17-6-2-3-10-7-11(15(19)20)4-5-13(10)17/h4-5,7-8H,2-3,6H2,1H3,(H,19,20). The van der Waals surface area contributed by atoms with Crippen LogP contribution in [0, 0.1) is 6.92 Å². The van der Waals surface area contributed by atoms with Gasteiger partial charge in [0.05, 0.1) is 10.6 Å². The summed E-state index contributed by atoms with van der Waals surface area (Å²) in [5.41, 5.74) is 2.41. The van der Waals surface area contributed by atoms with Crippen LogP contribution in [0.4, 0.5) is 5.69 Å². The van der Waals surface area contributed by atoms with Gasteiger partial charge in [-0.05, 0) is 43.5 Å². The van der Waals surface area contributed by atoms with E-state index in [1.54, 1.807) is 28.5 Å². The van der Waals surface area contributed by atoms with Crippen LogP contribution >= 0.6 is 11.3 Å². The van der Waals surface area contributed by atoms with Crippen molar-refractivity contribution < 1.29 is 14.7 Å². The summed E-state index contributed by atoms with van der Waals surface area (Å²) in [6, 6.07) is 4.91. The molecule has 0 atom stereocenters. The van der Waals surface area contributed by atoms with Gasteiger partial charge in [-0.3, -0.25) is 4.79 Å². The number of nitrogens with zero attached hydrogens (tertiary/aromatic N) is 2. The van der Waals surface area contributed by atoms with Crippen LogP contribution < -0.4 is 4.90 Å². The number of aromatic carboxylic acids is 1. The maximum absolute atomic E-state index is 12.5. The van der Waals surface area contributed by atoms with Gasteiger partial charge >= 0.3 is 5.97 Å². The number of carbonyl (C=O) groups is 2. The normalized spacial score (nSPS) is 13.9. The summed E-state index contributed by atoms with van der Waals surface area (Å²) in [7, 11) is 0. The SMILES string of the molecule is Cc1nc(C(=O)N2CCCc3cc(C(=O)O)ccc32)cs1. The second-order valence-corrected chi connectivity index (χ2v) is 6.02. The molecule has 6 heteroatoms. The first-order valence-corrected chi connectivity index (χ1v) is 7.54. The topological polar surface area (TPSA) is 70.5 Å². The number of carboxylic acids is 1. The van der Waals surface area contributed by atoms with E-state index in [0.717, 1.165) is 29.1 Å². The molecular weight excluding hydrogens is 288 g/mol. The fourth-order valence-electron chi connectivity index (χ4n) is 2.54. The van der Waals surface area contributed by atoms with Crippen LogP contribution in [-0.4, -0.2) is 28.5 Å². The zero-order valence-corrected chi connectivity index (χ0v) is 12.3. The van der Waals surface area contributed by atoms with Crippen molar-refractivity contribution in [1.82, 2.24) is 4.98 Å². The highest BCUT2D eigenvalue weighted by atomic mass is 32.1. The molecule has 1 aromatic carbocycles. The summed E-state index contributed by atoms with van der Waals surface area (Å²) >= 11 is 1.45. The van der Waals surface area contributed by atoms with Crippen LogP contribution in [0.3, 0.4) is 0 Å². The summed E-state index contributed by atoms with van der Waals surface area (Å²) in [6.45, 7) is 2.50. The number of benzene rings is 1. The van der Waals surface area contributed by atoms with Gasteiger partial charge < -0.3 is 10.0 Å². The second kappa shape index (κ2) is 5.29. The van der Waals surface area contributed by atoms with Crippen molar-refractivity contribution in [3.8, 4) is 0 Å². The van der Waals surface area contributed by atoms with Crippen LogP contribution in [-0.2, 0) is 6.42 Å². The number of aromatic nitrogens is 1. The molecule has 5 nitrogen and oxygen atoms in total. The smallest absolute Gasteiger partial charge is 0.335 e. The molecule has 0 saturated carbocycles. The number of hydrogen-bond acceptors (Lipinski definition) is 4. The maximum atomic E-state index is 12.5. The lowest BCUT2D eigenvalue weighted by Crippen LogP contribution is -2.35. The fourth-order valence-corrected chi connectivity index (χ4v) is 3.13. The Kier molecular flexibility index (Phi) is 3.47. The van der Waals surface area contributed by atoms with Gasteiger partial charge in [0.15, 0.2) is 0 Å². The molecular formula is C15H14N2O3S. The molecule has 0 bridgehead atoms. The Bertz CT molecular complexity index is 723. The van der Waals surface area contributed by atoms with Crippen LogP contribution in [0.2, 0.25) is 0 Å². The molecule has 0 radical (unpaired) electrons. The number of amides is 1. The fraction of sp³-hybridized carbons (Fsp3) is 0.267. The van der Waals surface area contributed by atoms with Gasteiger partial charge in [0.25, 0.3) is 5.91 Å². The van der Waals surface area contributed by atoms with E-state index in [4.69, 9.17) is 5.11 Å². The first-order valence-electron chi connectivity index (χ1n) is 6.66. The number of carboxylic acid groups (broad SMARTS) is 1. The number of hydrogen-bond donors (Lipinski definition) is 1. The lowest BCUT2D eigenvalue weighted by molar-refractivity contribution is 0.0696. The predicted octanol–water partition coefficient (Wildman–Crippen LogP) is 2.74. The Hall–Kier alpha value is -2.21. The first-order chi connectivity index (χ1) is 10.1. The first kappa shape index (κ1) is 13.8. The quantitative estimate of drug-likeness (QED) is 0.926. The van der Waals surface area contributed by atoms with Gasteiger partial charge in [-0.15, -0.1) is 11.3 Å². The molecule has 0 spiro atoms. The lowest BCUT2D eigenvalue weighted by atomic mass is 9.99. The third-order valence-electron chi connectivity index (χ3n) is 3.53. The monoisotopic (exact) mass is 302 g/mol. The summed E-state index contributed by atoms with van der Waals surface area (Å²) in [5, 5.41) is 11.7. The molecule has 1 aliphatic heterocycles. The molecule has 1 aromatic heterocycles. The van der Waals surface area contributed by atoms with E-state index in [2.05, 4.69) is 4.98 Å². The van der Waals surface area contributed by atoms with E-state index in [1.165, 1.54) is 11.3 Å². The van der Waals surface area contributed by atoms with Crippen molar-refractivity contribution in [3.05, 3.63) is 45.4 Å². The molecule has 108 valence electrons. The molecule has 21 heavy (non-hydrogen) atoms. The summed E-state index contributed by atoms with van der Waals surface area (Å²) in [4.78, 5) is 29.5. The Labute approximate surface area is 125 Å². The minimum atomic E-state index is -0.948. The van der Waals surface area contributed by atoms with Crippen LogP contribution in [0.25, 0.3) is 0 Å². The summed E-state index contributed by atoms with van der Waals surface area (Å²) in [6.07, 6.45) is 1.61. The van der Waals surface area contributed by atoms with E-state index in [0.29, 0.717) is 12.2 Å². The summed E-state index contributed by atoms with van der Waals surface area (Å²) < 4.78 is 0. The number of carbonyl (C=O) groups excluding carboxylic acids is 1. The van der Waals surface area contributed by atoms with Crippen molar-refractivity contribution in [3.63, 3.8) is 0 Å². The zero-order chi connectivity index (χ0) is 15.0. The molecule has 1 aliphatic rings. The van der Waals surface area contributed by atoms with Gasteiger partial charge in [0.2, 0.25) is 0 Å². The molecule has 0 fully saturated rings. The Morgan fingerprint density at radius 1 is 1.38 bits per heavy atom. The number of aryl methyl sites for hydroxylation is 2. The number of fused-ring (bicyclic) bond motifs is 1. The third kappa shape index (κ3) is 2.54. The summed E-state index contributed by atoms with van der Waals surface area (Å²) in [5.74, 6) is -1.07. The van der Waals surface area contributed by atoms with Gasteiger partial charge in [0, 0.05) is 17.6 Å². The number of anilines is 1. The predicted molar refractivity (Wildman–Crippen MR) is 80.2 cm³/mol. The van der Waals surface area contributed by atoms with E-state index in [-0.39, 0.29) is 11.5 Å². The Morgan fingerprint density at radius 2 is 2.19 bits per heavy atom. The molecule has 3 rings (SSSR count). The van der Waals surface area contributed by atoms with Crippen LogP contribution in [0.1, 0.15) is 37.8 Å². The lowest BCUT2D eigenvalue weighted by Gasteiger charge is -2.29. The largest absolute Gasteiger partial charge is 0.478 e. The van der Waals surface area contributed by atoms with E-state index in [9.17, 15) is 9.59 Å². The second-order valence-electron chi connectivity index (χ2n) is 4.96. The minimum absolute atomic E-state index is 0.122. The molecule has 1 amide bonds. The van der Waals surface area contributed by atoms with Crippen molar-refractivity contribution in [1.29, 1.82) is 0 Å². The van der Waals surface area contributed by atoms with Crippen molar-refractivity contribution >= 4 is 28.9 Å². The average Bonchev–Trinajstić information content (AvgIpc) is 2.91. The zero-order valence-electron chi connectivity index (χ0n) is 11.5. The van der Waals surface area contributed by atoms with E-state index >= 15 is 0 Å². The van der Waals surface area contributed by atoms with Crippen molar-refractivity contribution in [2.24, 2.45) is 0 Å². The number of thiazole rings is 1. The molecule has 2 heterocycles.